The molecule has 1 aliphatic carbocycles. The third-order valence-corrected chi connectivity index (χ3v) is 5.13. The third-order valence-electron chi connectivity index (χ3n) is 3.65. The number of nitrogens with zero attached hydrogens (tertiary/aromatic N) is 1. The molecule has 2 aromatic rings. The summed E-state index contributed by atoms with van der Waals surface area (Å²) in [5, 5.41) is 10.6. The van der Waals surface area contributed by atoms with E-state index in [1.807, 2.05) is 6.07 Å². The molecule has 0 saturated carbocycles. The summed E-state index contributed by atoms with van der Waals surface area (Å²) in [6, 6.07) is 5.50. The van der Waals surface area contributed by atoms with Gasteiger partial charge in [-0.15, -0.1) is 11.3 Å². The number of methoxy groups -OCH3 is 1. The van der Waals surface area contributed by atoms with Crippen LogP contribution in [0, 0.1) is 0 Å². The summed E-state index contributed by atoms with van der Waals surface area (Å²) in [7, 11) is 1.57. The van der Waals surface area contributed by atoms with Crippen molar-refractivity contribution >= 4 is 28.9 Å². The average Bonchev–Trinajstić information content (AvgIpc) is 2.90. The number of aromatic nitrogens is 1. The summed E-state index contributed by atoms with van der Waals surface area (Å²) in [4.78, 5) is 17.0. The number of thiazole rings is 1. The van der Waals surface area contributed by atoms with Gasteiger partial charge in [-0.3, -0.25) is 4.79 Å². The molecular formula is C15H14ClNO3S. The van der Waals surface area contributed by atoms with E-state index in [0.29, 0.717) is 17.2 Å². The molecule has 0 radical (unpaired) electrons. The fourth-order valence-electron chi connectivity index (χ4n) is 2.58. The number of fused-ring (bicyclic) bond motifs is 1. The number of carboxylic acids is 1. The van der Waals surface area contributed by atoms with E-state index in [1.165, 1.54) is 0 Å². The molecule has 21 heavy (non-hydrogen) atoms. The zero-order valence-electron chi connectivity index (χ0n) is 11.4. The number of carbonyl (C=O) groups is 1. The molecule has 1 heterocycles. The van der Waals surface area contributed by atoms with Crippen LogP contribution in [0.15, 0.2) is 18.2 Å². The van der Waals surface area contributed by atoms with Crippen molar-refractivity contribution in [1.29, 1.82) is 0 Å². The monoisotopic (exact) mass is 323 g/mol. The predicted molar refractivity (Wildman–Crippen MR) is 82.4 cm³/mol. The highest BCUT2D eigenvalue weighted by molar-refractivity contribution is 7.15. The Morgan fingerprint density at radius 3 is 3.00 bits per heavy atom. The van der Waals surface area contributed by atoms with Gasteiger partial charge in [-0.25, -0.2) is 4.98 Å². The van der Waals surface area contributed by atoms with Gasteiger partial charge in [0.05, 0.1) is 23.7 Å². The van der Waals surface area contributed by atoms with E-state index in [9.17, 15) is 9.90 Å². The molecule has 0 bridgehead atoms. The lowest BCUT2D eigenvalue weighted by Crippen LogP contribution is -2.17. The SMILES string of the molecule is COc1ccc(-c2nc3c(s2)CCCC3C(=O)O)cc1Cl. The smallest absolute Gasteiger partial charge is 0.312 e. The number of hydrogen-bond acceptors (Lipinski definition) is 4. The summed E-state index contributed by atoms with van der Waals surface area (Å²) in [5.41, 5.74) is 1.62. The molecule has 0 saturated heterocycles. The maximum Gasteiger partial charge on any atom is 0.312 e. The Morgan fingerprint density at radius 2 is 2.33 bits per heavy atom. The first-order valence-electron chi connectivity index (χ1n) is 6.66. The van der Waals surface area contributed by atoms with Crippen molar-refractivity contribution in [3.8, 4) is 16.3 Å². The minimum absolute atomic E-state index is 0.479. The maximum atomic E-state index is 11.3. The van der Waals surface area contributed by atoms with Gasteiger partial charge in [-0.2, -0.15) is 0 Å². The van der Waals surface area contributed by atoms with Crippen LogP contribution < -0.4 is 4.74 Å². The number of aryl methyl sites for hydroxylation is 1. The van der Waals surface area contributed by atoms with Gasteiger partial charge in [0.15, 0.2) is 0 Å². The summed E-state index contributed by atoms with van der Waals surface area (Å²) in [5.74, 6) is -0.654. The van der Waals surface area contributed by atoms with E-state index < -0.39 is 11.9 Å². The van der Waals surface area contributed by atoms with Gasteiger partial charge in [-0.05, 0) is 37.5 Å². The van der Waals surface area contributed by atoms with Crippen molar-refractivity contribution in [1.82, 2.24) is 4.98 Å². The zero-order chi connectivity index (χ0) is 15.0. The number of aliphatic carboxylic acids is 1. The van der Waals surface area contributed by atoms with Gasteiger partial charge >= 0.3 is 5.97 Å². The van der Waals surface area contributed by atoms with Gasteiger partial charge in [0.2, 0.25) is 0 Å². The van der Waals surface area contributed by atoms with E-state index in [2.05, 4.69) is 4.98 Å². The minimum atomic E-state index is -0.791. The van der Waals surface area contributed by atoms with Crippen molar-refractivity contribution in [3.05, 3.63) is 33.8 Å². The van der Waals surface area contributed by atoms with Crippen molar-refractivity contribution in [2.24, 2.45) is 0 Å². The molecule has 1 N–H and O–H groups in total. The van der Waals surface area contributed by atoms with Crippen LogP contribution in [0.5, 0.6) is 5.75 Å². The third kappa shape index (κ3) is 2.63. The molecule has 3 rings (SSSR count). The molecule has 0 aliphatic heterocycles. The molecule has 1 atom stereocenters. The van der Waals surface area contributed by atoms with Gasteiger partial charge in [-0.1, -0.05) is 11.6 Å². The normalized spacial score (nSPS) is 17.3. The number of rotatable bonds is 3. The zero-order valence-corrected chi connectivity index (χ0v) is 13.0. The lowest BCUT2D eigenvalue weighted by atomic mass is 9.91. The quantitative estimate of drug-likeness (QED) is 0.928. The van der Waals surface area contributed by atoms with Crippen LogP contribution >= 0.6 is 22.9 Å². The standard InChI is InChI=1S/C15H14ClNO3S/c1-20-11-6-5-8(7-10(11)16)14-17-13-9(15(18)19)3-2-4-12(13)21-14/h5-7,9H,2-4H2,1H3,(H,18,19). The Morgan fingerprint density at radius 1 is 1.52 bits per heavy atom. The fourth-order valence-corrected chi connectivity index (χ4v) is 4.00. The molecule has 4 nitrogen and oxygen atoms in total. The molecule has 0 fully saturated rings. The van der Waals surface area contributed by atoms with E-state index >= 15 is 0 Å². The minimum Gasteiger partial charge on any atom is -0.495 e. The predicted octanol–water partition coefficient (Wildman–Crippen LogP) is 3.98. The van der Waals surface area contributed by atoms with Gasteiger partial charge < -0.3 is 9.84 Å². The molecule has 6 heteroatoms. The molecule has 1 aromatic heterocycles. The number of carboxylic acid groups (broad SMARTS) is 1. The van der Waals surface area contributed by atoms with Crippen LogP contribution in [0.1, 0.15) is 29.3 Å². The number of halogens is 1. The van der Waals surface area contributed by atoms with E-state index in [4.69, 9.17) is 16.3 Å². The second-order valence-electron chi connectivity index (χ2n) is 4.96. The molecule has 110 valence electrons. The van der Waals surface area contributed by atoms with E-state index in [-0.39, 0.29) is 0 Å². The Balaban J connectivity index is 2.01. The first kappa shape index (κ1) is 14.4. The van der Waals surface area contributed by atoms with Crippen LogP contribution in [0.4, 0.5) is 0 Å². The summed E-state index contributed by atoms with van der Waals surface area (Å²) in [6.45, 7) is 0. The molecular weight excluding hydrogens is 310 g/mol. The van der Waals surface area contributed by atoms with Gasteiger partial charge in [0.1, 0.15) is 10.8 Å². The molecule has 0 spiro atoms. The first-order valence-corrected chi connectivity index (χ1v) is 7.86. The Labute approximate surface area is 131 Å². The van der Waals surface area contributed by atoms with Gasteiger partial charge in [0, 0.05) is 10.4 Å². The highest BCUT2D eigenvalue weighted by Crippen LogP contribution is 2.39. The maximum absolute atomic E-state index is 11.3. The Bertz CT molecular complexity index is 698. The molecule has 0 amide bonds. The van der Waals surface area contributed by atoms with Crippen molar-refractivity contribution in [2.45, 2.75) is 25.2 Å². The second-order valence-corrected chi connectivity index (χ2v) is 6.45. The van der Waals surface area contributed by atoms with Crippen LogP contribution in [0.25, 0.3) is 10.6 Å². The van der Waals surface area contributed by atoms with Crippen molar-refractivity contribution < 1.29 is 14.6 Å². The highest BCUT2D eigenvalue weighted by Gasteiger charge is 2.30. The highest BCUT2D eigenvalue weighted by atomic mass is 35.5. The molecule has 1 aliphatic rings. The van der Waals surface area contributed by atoms with Crippen molar-refractivity contribution in [2.75, 3.05) is 7.11 Å². The second kappa shape index (κ2) is 5.66. The fraction of sp³-hybridized carbons (Fsp3) is 0.333. The Hall–Kier alpha value is -1.59. The number of hydrogen-bond donors (Lipinski definition) is 1. The summed E-state index contributed by atoms with van der Waals surface area (Å²) in [6.07, 6.45) is 2.46. The van der Waals surface area contributed by atoms with Gasteiger partial charge in [0.25, 0.3) is 0 Å². The van der Waals surface area contributed by atoms with E-state index in [0.717, 1.165) is 34.0 Å². The molecule has 1 aromatic carbocycles. The lowest BCUT2D eigenvalue weighted by molar-refractivity contribution is -0.139. The average molecular weight is 324 g/mol. The van der Waals surface area contributed by atoms with Crippen LogP contribution in [-0.2, 0) is 11.2 Å². The largest absolute Gasteiger partial charge is 0.495 e. The molecule has 1 unspecified atom stereocenters. The topological polar surface area (TPSA) is 59.4 Å². The van der Waals surface area contributed by atoms with E-state index in [1.54, 1.807) is 30.6 Å². The number of ether oxygens (including phenoxy) is 1. The summed E-state index contributed by atoms with van der Waals surface area (Å²) < 4.78 is 5.14. The summed E-state index contributed by atoms with van der Waals surface area (Å²) >= 11 is 7.70. The van der Waals surface area contributed by atoms with Crippen molar-refractivity contribution in [3.63, 3.8) is 0 Å². The van der Waals surface area contributed by atoms with Crippen LogP contribution in [-0.4, -0.2) is 23.2 Å². The number of benzene rings is 1. The Kier molecular flexibility index (Phi) is 3.87. The van der Waals surface area contributed by atoms with Crippen LogP contribution in [0.2, 0.25) is 5.02 Å². The van der Waals surface area contributed by atoms with Crippen LogP contribution in [0.3, 0.4) is 0 Å². The lowest BCUT2D eigenvalue weighted by Gasteiger charge is -2.16. The first-order chi connectivity index (χ1) is 10.1.